The maximum atomic E-state index is 11.8. The molecule has 1 aromatic carbocycles. The molecule has 0 spiro atoms. The second-order valence-corrected chi connectivity index (χ2v) is 8.20. The third kappa shape index (κ3) is 2.62. The summed E-state index contributed by atoms with van der Waals surface area (Å²) < 4.78 is 1.01. The summed E-state index contributed by atoms with van der Waals surface area (Å²) >= 11 is 3.44. The van der Waals surface area contributed by atoms with Crippen LogP contribution in [-0.4, -0.2) is 32.6 Å². The number of nitrogens with zero attached hydrogens (tertiary/aromatic N) is 2. The van der Waals surface area contributed by atoms with Gasteiger partial charge in [0.1, 0.15) is 11.4 Å². The summed E-state index contributed by atoms with van der Waals surface area (Å²) in [5.41, 5.74) is 0.936. The molecular formula is C18H22BrN3O2. The van der Waals surface area contributed by atoms with E-state index in [1.165, 1.54) is 0 Å². The van der Waals surface area contributed by atoms with Crippen LogP contribution in [0.3, 0.4) is 0 Å². The van der Waals surface area contributed by atoms with Crippen LogP contribution in [0.4, 0.5) is 4.79 Å². The lowest BCUT2D eigenvalue weighted by atomic mass is 9.71. The summed E-state index contributed by atoms with van der Waals surface area (Å²) in [6.45, 7) is 6.78. The summed E-state index contributed by atoms with van der Waals surface area (Å²) in [5.74, 6) is 0.729. The number of imidazole rings is 1. The van der Waals surface area contributed by atoms with E-state index in [9.17, 15) is 9.90 Å². The zero-order chi connectivity index (χ0) is 17.5. The van der Waals surface area contributed by atoms with E-state index in [1.54, 1.807) is 4.90 Å². The SMILES string of the molecule is CC(C)(C)[C@]1(c2nc(-c3ccc(Br)cc3)c[nH]2)CCCN1C(=O)O. The summed E-state index contributed by atoms with van der Waals surface area (Å²) in [5, 5.41) is 9.71. The van der Waals surface area contributed by atoms with Crippen molar-refractivity contribution < 1.29 is 9.90 Å². The highest BCUT2D eigenvalue weighted by atomic mass is 79.9. The van der Waals surface area contributed by atoms with Crippen molar-refractivity contribution in [3.05, 3.63) is 40.8 Å². The van der Waals surface area contributed by atoms with Crippen LogP contribution in [0.25, 0.3) is 11.3 Å². The average molecular weight is 392 g/mol. The highest BCUT2D eigenvalue weighted by Crippen LogP contribution is 2.50. The van der Waals surface area contributed by atoms with Gasteiger partial charge >= 0.3 is 6.09 Å². The summed E-state index contributed by atoms with van der Waals surface area (Å²) in [4.78, 5) is 21.4. The number of aromatic amines is 1. The number of aromatic nitrogens is 2. The minimum Gasteiger partial charge on any atom is -0.465 e. The van der Waals surface area contributed by atoms with Gasteiger partial charge in [0.05, 0.1) is 5.69 Å². The molecule has 0 unspecified atom stereocenters. The van der Waals surface area contributed by atoms with Crippen molar-refractivity contribution in [2.45, 2.75) is 39.2 Å². The van der Waals surface area contributed by atoms with Crippen molar-refractivity contribution in [1.29, 1.82) is 0 Å². The molecule has 1 fully saturated rings. The maximum Gasteiger partial charge on any atom is 0.408 e. The van der Waals surface area contributed by atoms with Gasteiger partial charge in [-0.15, -0.1) is 0 Å². The molecule has 0 aliphatic carbocycles. The van der Waals surface area contributed by atoms with Crippen molar-refractivity contribution in [3.63, 3.8) is 0 Å². The van der Waals surface area contributed by atoms with Crippen LogP contribution in [-0.2, 0) is 5.54 Å². The standard InChI is InChI=1S/C18H22BrN3O2/c1-17(2,3)18(9-4-10-22(18)16(23)24)15-20-11-14(21-15)12-5-7-13(19)8-6-12/h5-8,11H,4,9-10H2,1-3H3,(H,20,21)(H,23,24)/t18-/m1/s1. The number of hydrogen-bond acceptors (Lipinski definition) is 2. The molecule has 1 saturated heterocycles. The molecule has 1 amide bonds. The Kier molecular flexibility index (Phi) is 4.20. The van der Waals surface area contributed by atoms with Gasteiger partial charge in [-0.05, 0) is 30.4 Å². The number of carbonyl (C=O) groups is 1. The van der Waals surface area contributed by atoms with E-state index < -0.39 is 11.6 Å². The van der Waals surface area contributed by atoms with E-state index in [1.807, 2.05) is 30.5 Å². The summed E-state index contributed by atoms with van der Waals surface area (Å²) in [6, 6.07) is 7.94. The number of carboxylic acid groups (broad SMARTS) is 1. The number of likely N-dealkylation sites (tertiary alicyclic amines) is 1. The Hall–Kier alpha value is -1.82. The average Bonchev–Trinajstić information content (AvgIpc) is 3.14. The molecule has 2 aromatic rings. The van der Waals surface area contributed by atoms with Gasteiger partial charge in [-0.2, -0.15) is 0 Å². The zero-order valence-corrected chi connectivity index (χ0v) is 15.7. The van der Waals surface area contributed by atoms with E-state index >= 15 is 0 Å². The topological polar surface area (TPSA) is 69.2 Å². The number of halogens is 1. The van der Waals surface area contributed by atoms with Gasteiger partial charge in [0.15, 0.2) is 0 Å². The molecule has 5 nitrogen and oxygen atoms in total. The zero-order valence-electron chi connectivity index (χ0n) is 14.1. The predicted molar refractivity (Wildman–Crippen MR) is 96.8 cm³/mol. The number of hydrogen-bond donors (Lipinski definition) is 2. The number of amides is 1. The lowest BCUT2D eigenvalue weighted by Gasteiger charge is -2.45. The molecule has 1 aromatic heterocycles. The largest absolute Gasteiger partial charge is 0.465 e. The molecule has 2 heterocycles. The summed E-state index contributed by atoms with van der Waals surface area (Å²) in [7, 11) is 0. The monoisotopic (exact) mass is 391 g/mol. The highest BCUT2D eigenvalue weighted by Gasteiger charge is 2.55. The van der Waals surface area contributed by atoms with Crippen LogP contribution in [0.5, 0.6) is 0 Å². The first-order valence-corrected chi connectivity index (χ1v) is 8.87. The van der Waals surface area contributed by atoms with Crippen LogP contribution in [0.15, 0.2) is 34.9 Å². The van der Waals surface area contributed by atoms with E-state index in [4.69, 9.17) is 4.98 Å². The van der Waals surface area contributed by atoms with Gasteiger partial charge in [-0.1, -0.05) is 48.8 Å². The van der Waals surface area contributed by atoms with Crippen molar-refractivity contribution >= 4 is 22.0 Å². The molecule has 0 saturated carbocycles. The highest BCUT2D eigenvalue weighted by molar-refractivity contribution is 9.10. The smallest absolute Gasteiger partial charge is 0.408 e. The number of H-pyrrole nitrogens is 1. The molecule has 0 bridgehead atoms. The Morgan fingerprint density at radius 2 is 2.00 bits per heavy atom. The van der Waals surface area contributed by atoms with Gasteiger partial charge in [0, 0.05) is 22.8 Å². The van der Waals surface area contributed by atoms with E-state index in [-0.39, 0.29) is 5.41 Å². The third-order valence-electron chi connectivity index (χ3n) is 4.96. The second kappa shape index (κ2) is 5.92. The molecule has 0 radical (unpaired) electrons. The Labute approximate surface area is 150 Å². The van der Waals surface area contributed by atoms with Crippen molar-refractivity contribution in [2.75, 3.05) is 6.54 Å². The molecule has 1 aliphatic heterocycles. The van der Waals surface area contributed by atoms with E-state index in [0.717, 1.165) is 34.4 Å². The quantitative estimate of drug-likeness (QED) is 0.767. The van der Waals surface area contributed by atoms with Crippen LogP contribution >= 0.6 is 15.9 Å². The van der Waals surface area contributed by atoms with Crippen LogP contribution in [0, 0.1) is 5.41 Å². The Morgan fingerprint density at radius 1 is 1.33 bits per heavy atom. The fourth-order valence-electron chi connectivity index (χ4n) is 3.76. The van der Waals surface area contributed by atoms with Crippen LogP contribution in [0.2, 0.25) is 0 Å². The fraction of sp³-hybridized carbons (Fsp3) is 0.444. The van der Waals surface area contributed by atoms with Crippen molar-refractivity contribution in [2.24, 2.45) is 5.41 Å². The first-order chi connectivity index (χ1) is 11.3. The molecule has 128 valence electrons. The lowest BCUT2D eigenvalue weighted by Crippen LogP contribution is -2.53. The van der Waals surface area contributed by atoms with Crippen LogP contribution in [0.1, 0.15) is 39.4 Å². The molecular weight excluding hydrogens is 370 g/mol. The number of nitrogens with one attached hydrogen (secondary N) is 1. The molecule has 3 rings (SSSR count). The summed E-state index contributed by atoms with van der Waals surface area (Å²) in [6.07, 6.45) is 2.60. The molecule has 1 atom stereocenters. The van der Waals surface area contributed by atoms with Gasteiger partial charge in [-0.3, -0.25) is 4.90 Å². The van der Waals surface area contributed by atoms with E-state index in [2.05, 4.69) is 41.7 Å². The number of benzene rings is 1. The molecule has 1 aliphatic rings. The normalized spacial score (nSPS) is 21.2. The molecule has 24 heavy (non-hydrogen) atoms. The first kappa shape index (κ1) is 17.0. The van der Waals surface area contributed by atoms with Crippen molar-refractivity contribution in [3.8, 4) is 11.3 Å². The first-order valence-electron chi connectivity index (χ1n) is 8.08. The Balaban J connectivity index is 2.07. The number of rotatable bonds is 2. The molecule has 2 N–H and O–H groups in total. The van der Waals surface area contributed by atoms with Gasteiger partial charge < -0.3 is 10.1 Å². The Morgan fingerprint density at radius 3 is 2.58 bits per heavy atom. The van der Waals surface area contributed by atoms with Crippen molar-refractivity contribution in [1.82, 2.24) is 14.9 Å². The fourth-order valence-corrected chi connectivity index (χ4v) is 4.03. The van der Waals surface area contributed by atoms with Gasteiger partial charge in [0.25, 0.3) is 0 Å². The second-order valence-electron chi connectivity index (χ2n) is 7.29. The lowest BCUT2D eigenvalue weighted by molar-refractivity contribution is 0.0217. The minimum absolute atomic E-state index is 0.267. The maximum absolute atomic E-state index is 11.8. The van der Waals surface area contributed by atoms with Gasteiger partial charge in [-0.25, -0.2) is 9.78 Å². The van der Waals surface area contributed by atoms with Gasteiger partial charge in [0.2, 0.25) is 0 Å². The predicted octanol–water partition coefficient (Wildman–Crippen LogP) is 4.85. The minimum atomic E-state index is -0.885. The van der Waals surface area contributed by atoms with E-state index in [0.29, 0.717) is 6.54 Å². The van der Waals surface area contributed by atoms with Crippen LogP contribution < -0.4 is 0 Å². The Bertz CT molecular complexity index is 748. The molecule has 6 heteroatoms. The third-order valence-corrected chi connectivity index (χ3v) is 5.49.